The lowest BCUT2D eigenvalue weighted by atomic mass is 9.90. The number of halogens is 2. The lowest BCUT2D eigenvalue weighted by Crippen LogP contribution is -2.28. The van der Waals surface area contributed by atoms with Crippen LogP contribution in [0.4, 0.5) is 8.78 Å². The molecule has 0 heterocycles. The Morgan fingerprint density at radius 1 is 1.24 bits per heavy atom. The highest BCUT2D eigenvalue weighted by Gasteiger charge is 2.14. The molecule has 0 saturated carbocycles. The summed E-state index contributed by atoms with van der Waals surface area (Å²) in [5.41, 5.74) is 0.651. The highest BCUT2D eigenvalue weighted by atomic mass is 19.1. The van der Waals surface area contributed by atoms with Crippen LogP contribution < -0.4 is 5.32 Å². The van der Waals surface area contributed by atoms with Crippen molar-refractivity contribution in [1.82, 2.24) is 5.32 Å². The molecule has 4 heteroatoms. The van der Waals surface area contributed by atoms with Gasteiger partial charge in [0.15, 0.2) is 17.4 Å². The highest BCUT2D eigenvalue weighted by Crippen LogP contribution is 2.22. The Kier molecular flexibility index (Phi) is 4.46. The fraction of sp³-hybridized carbons (Fsp3) is 0.538. The van der Waals surface area contributed by atoms with E-state index in [9.17, 15) is 8.78 Å². The van der Waals surface area contributed by atoms with Gasteiger partial charge in [0, 0.05) is 13.1 Å². The van der Waals surface area contributed by atoms with E-state index in [4.69, 9.17) is 5.11 Å². The van der Waals surface area contributed by atoms with E-state index in [1.165, 1.54) is 0 Å². The Bertz CT molecular complexity index is 368. The van der Waals surface area contributed by atoms with E-state index in [1.54, 1.807) is 0 Å². The standard InChI is InChI=1S/C13H19F2NO/c1-4-13(2,3)8-16-7-9-5-10(14)12(17)11(15)6-9/h5-6,16-17H,4,7-8H2,1-3H3. The number of phenols is 1. The van der Waals surface area contributed by atoms with Crippen molar-refractivity contribution in [3.8, 4) is 5.75 Å². The van der Waals surface area contributed by atoms with Gasteiger partial charge >= 0.3 is 0 Å². The Morgan fingerprint density at radius 3 is 2.24 bits per heavy atom. The van der Waals surface area contributed by atoms with Crippen LogP contribution >= 0.6 is 0 Å². The van der Waals surface area contributed by atoms with Gasteiger partial charge in [-0.3, -0.25) is 0 Å². The third-order valence-corrected chi connectivity index (χ3v) is 2.97. The average molecular weight is 243 g/mol. The molecule has 96 valence electrons. The maximum atomic E-state index is 13.0. The molecule has 1 aromatic rings. The normalized spacial score (nSPS) is 11.8. The van der Waals surface area contributed by atoms with Crippen molar-refractivity contribution in [2.24, 2.45) is 5.41 Å². The van der Waals surface area contributed by atoms with Crippen LogP contribution in [0.1, 0.15) is 32.8 Å². The number of rotatable bonds is 5. The predicted octanol–water partition coefficient (Wildman–Crippen LogP) is 3.20. The first-order chi connectivity index (χ1) is 7.85. The molecule has 0 saturated heterocycles. The van der Waals surface area contributed by atoms with Gasteiger partial charge in [0.2, 0.25) is 0 Å². The van der Waals surface area contributed by atoms with E-state index in [-0.39, 0.29) is 5.41 Å². The minimum absolute atomic E-state index is 0.161. The molecule has 0 bridgehead atoms. The van der Waals surface area contributed by atoms with E-state index < -0.39 is 17.4 Å². The predicted molar refractivity (Wildman–Crippen MR) is 63.8 cm³/mol. The molecule has 2 nitrogen and oxygen atoms in total. The Labute approximate surface area is 101 Å². The van der Waals surface area contributed by atoms with Gasteiger partial charge in [0.05, 0.1) is 0 Å². The van der Waals surface area contributed by atoms with Crippen molar-refractivity contribution in [2.45, 2.75) is 33.7 Å². The third kappa shape index (κ3) is 3.97. The molecule has 2 N–H and O–H groups in total. The molecule has 17 heavy (non-hydrogen) atoms. The van der Waals surface area contributed by atoms with Crippen molar-refractivity contribution < 1.29 is 13.9 Å². The van der Waals surface area contributed by atoms with Gasteiger partial charge in [-0.2, -0.15) is 0 Å². The topological polar surface area (TPSA) is 32.3 Å². The molecular weight excluding hydrogens is 224 g/mol. The van der Waals surface area contributed by atoms with E-state index >= 15 is 0 Å². The van der Waals surface area contributed by atoms with Gasteiger partial charge in [-0.05, 0) is 29.5 Å². The first kappa shape index (κ1) is 13.9. The second-order valence-corrected chi connectivity index (χ2v) is 5.03. The molecule has 0 aliphatic carbocycles. The summed E-state index contributed by atoms with van der Waals surface area (Å²) in [4.78, 5) is 0. The number of phenolic OH excluding ortho intramolecular Hbond substituents is 1. The van der Waals surface area contributed by atoms with Gasteiger partial charge < -0.3 is 10.4 Å². The molecule has 0 aliphatic rings. The molecule has 1 rings (SSSR count). The summed E-state index contributed by atoms with van der Waals surface area (Å²) < 4.78 is 26.1. The number of aromatic hydroxyl groups is 1. The number of hydrogen-bond donors (Lipinski definition) is 2. The molecule has 0 aliphatic heterocycles. The summed E-state index contributed by atoms with van der Waals surface area (Å²) >= 11 is 0. The van der Waals surface area contributed by atoms with Crippen molar-refractivity contribution >= 4 is 0 Å². The molecular formula is C13H19F2NO. The van der Waals surface area contributed by atoms with Crippen molar-refractivity contribution in [2.75, 3.05) is 6.54 Å². The molecule has 0 spiro atoms. The molecule has 0 fully saturated rings. The van der Waals surface area contributed by atoms with Crippen molar-refractivity contribution in [3.05, 3.63) is 29.3 Å². The summed E-state index contributed by atoms with van der Waals surface area (Å²) in [6, 6.07) is 2.29. The van der Waals surface area contributed by atoms with Crippen molar-refractivity contribution in [3.63, 3.8) is 0 Å². The van der Waals surface area contributed by atoms with Crippen LogP contribution in [-0.2, 0) is 6.54 Å². The molecule has 0 amide bonds. The van der Waals surface area contributed by atoms with Gasteiger partial charge in [0.1, 0.15) is 0 Å². The third-order valence-electron chi connectivity index (χ3n) is 2.97. The molecule has 0 aromatic heterocycles. The van der Waals surface area contributed by atoms with Crippen LogP contribution in [0.5, 0.6) is 5.75 Å². The van der Waals surface area contributed by atoms with Crippen LogP contribution in [0.25, 0.3) is 0 Å². The lowest BCUT2D eigenvalue weighted by Gasteiger charge is -2.23. The van der Waals surface area contributed by atoms with Crippen LogP contribution in [0.15, 0.2) is 12.1 Å². The first-order valence-corrected chi connectivity index (χ1v) is 5.73. The molecule has 0 radical (unpaired) electrons. The fourth-order valence-corrected chi connectivity index (χ4v) is 1.39. The average Bonchev–Trinajstić information content (AvgIpc) is 2.25. The van der Waals surface area contributed by atoms with Crippen LogP contribution in [0.2, 0.25) is 0 Å². The highest BCUT2D eigenvalue weighted by molar-refractivity contribution is 5.29. The zero-order chi connectivity index (χ0) is 13.1. The summed E-state index contributed by atoms with van der Waals surface area (Å²) in [5, 5.41) is 12.1. The molecule has 0 atom stereocenters. The summed E-state index contributed by atoms with van der Waals surface area (Å²) in [7, 11) is 0. The van der Waals surface area contributed by atoms with Crippen LogP contribution in [0.3, 0.4) is 0 Å². The molecule has 0 unspecified atom stereocenters. The van der Waals surface area contributed by atoms with Crippen molar-refractivity contribution in [1.29, 1.82) is 0 Å². The summed E-state index contributed by atoms with van der Waals surface area (Å²) in [6.45, 7) is 7.50. The van der Waals surface area contributed by atoms with Gasteiger partial charge in [-0.1, -0.05) is 20.8 Å². The van der Waals surface area contributed by atoms with E-state index in [2.05, 4.69) is 26.1 Å². The van der Waals surface area contributed by atoms with E-state index in [0.29, 0.717) is 12.1 Å². The second-order valence-electron chi connectivity index (χ2n) is 5.03. The quantitative estimate of drug-likeness (QED) is 0.832. The lowest BCUT2D eigenvalue weighted by molar-refractivity contribution is 0.327. The van der Waals surface area contributed by atoms with Crippen LogP contribution in [-0.4, -0.2) is 11.7 Å². The van der Waals surface area contributed by atoms with Gasteiger partial charge in [-0.25, -0.2) is 8.78 Å². The van der Waals surface area contributed by atoms with Gasteiger partial charge in [0.25, 0.3) is 0 Å². The van der Waals surface area contributed by atoms with Gasteiger partial charge in [-0.15, -0.1) is 0 Å². The van der Waals surface area contributed by atoms with E-state index in [0.717, 1.165) is 25.1 Å². The minimum Gasteiger partial charge on any atom is -0.503 e. The minimum atomic E-state index is -0.920. The second kappa shape index (κ2) is 5.45. The Morgan fingerprint density at radius 2 is 1.76 bits per heavy atom. The largest absolute Gasteiger partial charge is 0.503 e. The maximum Gasteiger partial charge on any atom is 0.187 e. The maximum absolute atomic E-state index is 13.0. The van der Waals surface area contributed by atoms with Crippen LogP contribution in [0, 0.1) is 17.0 Å². The molecule has 1 aromatic carbocycles. The first-order valence-electron chi connectivity index (χ1n) is 5.73. The summed E-state index contributed by atoms with van der Waals surface area (Å²) in [5.74, 6) is -2.75. The smallest absolute Gasteiger partial charge is 0.187 e. The zero-order valence-corrected chi connectivity index (χ0v) is 10.5. The number of hydrogen-bond acceptors (Lipinski definition) is 2. The number of nitrogens with one attached hydrogen (secondary N) is 1. The zero-order valence-electron chi connectivity index (χ0n) is 10.5. The number of benzene rings is 1. The monoisotopic (exact) mass is 243 g/mol. The fourth-order valence-electron chi connectivity index (χ4n) is 1.39. The SMILES string of the molecule is CCC(C)(C)CNCc1cc(F)c(O)c(F)c1. The Hall–Kier alpha value is -1.16. The Balaban J connectivity index is 2.59. The van der Waals surface area contributed by atoms with E-state index in [1.807, 2.05) is 0 Å². The summed E-state index contributed by atoms with van der Waals surface area (Å²) in [6.07, 6.45) is 1.03.